The van der Waals surface area contributed by atoms with Crippen molar-refractivity contribution in [1.29, 1.82) is 0 Å². The summed E-state index contributed by atoms with van der Waals surface area (Å²) in [5.41, 5.74) is 7.87. The summed E-state index contributed by atoms with van der Waals surface area (Å²) >= 11 is 1.31. The molecule has 0 unspecified atom stereocenters. The predicted octanol–water partition coefficient (Wildman–Crippen LogP) is 1.96. The number of nitrogen functional groups attached to an aromatic ring is 1. The van der Waals surface area contributed by atoms with Gasteiger partial charge in [-0.2, -0.15) is 4.37 Å². The van der Waals surface area contributed by atoms with Crippen molar-refractivity contribution < 1.29 is 4.79 Å². The summed E-state index contributed by atoms with van der Waals surface area (Å²) in [7, 11) is 1.87. The Balaban J connectivity index is 2.27. The van der Waals surface area contributed by atoms with Crippen LogP contribution in [0.1, 0.15) is 6.92 Å². The molecule has 3 N–H and O–H groups in total. The van der Waals surface area contributed by atoms with Crippen molar-refractivity contribution in [2.24, 2.45) is 0 Å². The molecule has 2 rings (SSSR count). The zero-order valence-corrected chi connectivity index (χ0v) is 12.4. The standard InChI is InChI=1S/C14H18N4OS/c1-3-16-11(19)9-18(2)14-12(13(15)17-20-14)10-7-5-4-6-8-10/h4-8H,3,9H2,1-2H3,(H2,15,17)(H,16,19). The van der Waals surface area contributed by atoms with E-state index in [-0.39, 0.29) is 12.5 Å². The number of carbonyl (C=O) groups excluding carboxylic acids is 1. The molecule has 0 radical (unpaired) electrons. The Kier molecular flexibility index (Phi) is 4.57. The number of hydrogen-bond donors (Lipinski definition) is 2. The van der Waals surface area contributed by atoms with Crippen LogP contribution in [0.2, 0.25) is 0 Å². The number of rotatable bonds is 5. The topological polar surface area (TPSA) is 71.2 Å². The van der Waals surface area contributed by atoms with E-state index in [1.165, 1.54) is 11.5 Å². The number of hydrogen-bond acceptors (Lipinski definition) is 5. The highest BCUT2D eigenvalue weighted by Gasteiger charge is 2.18. The lowest BCUT2D eigenvalue weighted by atomic mass is 10.1. The minimum absolute atomic E-state index is 0.0130. The fourth-order valence-electron chi connectivity index (χ4n) is 1.97. The molecular weight excluding hydrogens is 272 g/mol. The van der Waals surface area contributed by atoms with Gasteiger partial charge in [0.25, 0.3) is 0 Å². The van der Waals surface area contributed by atoms with Gasteiger partial charge < -0.3 is 16.0 Å². The Bertz CT molecular complexity index is 582. The molecule has 1 amide bonds. The van der Waals surface area contributed by atoms with Crippen LogP contribution in [0.3, 0.4) is 0 Å². The molecule has 1 aromatic carbocycles. The zero-order valence-electron chi connectivity index (χ0n) is 11.6. The molecule has 106 valence electrons. The van der Waals surface area contributed by atoms with Crippen molar-refractivity contribution in [3.05, 3.63) is 30.3 Å². The number of nitrogens with one attached hydrogen (secondary N) is 1. The summed E-state index contributed by atoms with van der Waals surface area (Å²) < 4.78 is 4.21. The van der Waals surface area contributed by atoms with Gasteiger partial charge in [0.1, 0.15) is 10.8 Å². The number of nitrogens with two attached hydrogens (primary N) is 1. The SMILES string of the molecule is CCNC(=O)CN(C)c1snc(N)c1-c1ccccc1. The van der Waals surface area contributed by atoms with Crippen molar-refractivity contribution in [2.75, 3.05) is 30.8 Å². The van der Waals surface area contributed by atoms with E-state index in [2.05, 4.69) is 9.69 Å². The highest BCUT2D eigenvalue weighted by Crippen LogP contribution is 2.38. The van der Waals surface area contributed by atoms with Gasteiger partial charge in [-0.15, -0.1) is 0 Å². The van der Waals surface area contributed by atoms with Gasteiger partial charge in [0, 0.05) is 13.6 Å². The lowest BCUT2D eigenvalue weighted by Crippen LogP contribution is -2.34. The molecular formula is C14H18N4OS. The quantitative estimate of drug-likeness (QED) is 0.883. The molecule has 0 spiro atoms. The second-order valence-corrected chi connectivity index (χ2v) is 5.18. The number of benzene rings is 1. The van der Waals surface area contributed by atoms with E-state index in [1.807, 2.05) is 49.2 Å². The summed E-state index contributed by atoms with van der Waals surface area (Å²) in [6.07, 6.45) is 0. The van der Waals surface area contributed by atoms with Gasteiger partial charge in [0.2, 0.25) is 5.91 Å². The smallest absolute Gasteiger partial charge is 0.239 e. The molecule has 1 heterocycles. The maximum absolute atomic E-state index is 11.7. The fraction of sp³-hybridized carbons (Fsp3) is 0.286. The van der Waals surface area contributed by atoms with Crippen molar-refractivity contribution >= 4 is 28.3 Å². The largest absolute Gasteiger partial charge is 0.382 e. The first-order valence-corrected chi connectivity index (χ1v) is 7.19. The lowest BCUT2D eigenvalue weighted by Gasteiger charge is -2.18. The Hall–Kier alpha value is -2.08. The minimum Gasteiger partial charge on any atom is -0.382 e. The number of likely N-dealkylation sites (N-methyl/N-ethyl adjacent to an activating group) is 2. The first-order valence-electron chi connectivity index (χ1n) is 6.42. The van der Waals surface area contributed by atoms with Crippen LogP contribution in [-0.4, -0.2) is 30.4 Å². The van der Waals surface area contributed by atoms with E-state index in [4.69, 9.17) is 5.73 Å². The van der Waals surface area contributed by atoms with E-state index < -0.39 is 0 Å². The molecule has 0 saturated heterocycles. The van der Waals surface area contributed by atoms with E-state index in [9.17, 15) is 4.79 Å². The highest BCUT2D eigenvalue weighted by molar-refractivity contribution is 7.11. The van der Waals surface area contributed by atoms with Gasteiger partial charge in [-0.05, 0) is 24.0 Å². The number of carbonyl (C=O) groups is 1. The fourth-order valence-corrected chi connectivity index (χ4v) is 2.76. The Morgan fingerprint density at radius 3 is 2.75 bits per heavy atom. The monoisotopic (exact) mass is 290 g/mol. The normalized spacial score (nSPS) is 10.3. The van der Waals surface area contributed by atoms with Gasteiger partial charge in [-0.25, -0.2) is 0 Å². The van der Waals surface area contributed by atoms with Crippen LogP contribution in [0.4, 0.5) is 10.8 Å². The van der Waals surface area contributed by atoms with E-state index in [0.717, 1.165) is 16.1 Å². The van der Waals surface area contributed by atoms with Gasteiger partial charge >= 0.3 is 0 Å². The molecule has 0 aliphatic rings. The molecule has 0 atom stereocenters. The van der Waals surface area contributed by atoms with Gasteiger partial charge in [0.15, 0.2) is 0 Å². The number of amides is 1. The average Bonchev–Trinajstić information content (AvgIpc) is 2.82. The predicted molar refractivity (Wildman–Crippen MR) is 83.9 cm³/mol. The molecule has 1 aromatic heterocycles. The Morgan fingerprint density at radius 2 is 2.10 bits per heavy atom. The summed E-state index contributed by atoms with van der Waals surface area (Å²) in [6, 6.07) is 9.85. The van der Waals surface area contributed by atoms with Crippen LogP contribution in [0.15, 0.2) is 30.3 Å². The summed E-state index contributed by atoms with van der Waals surface area (Å²) in [5, 5.41) is 3.69. The van der Waals surface area contributed by atoms with E-state index in [0.29, 0.717) is 12.4 Å². The molecule has 2 aromatic rings. The van der Waals surface area contributed by atoms with Crippen molar-refractivity contribution in [3.8, 4) is 11.1 Å². The molecule has 20 heavy (non-hydrogen) atoms. The molecule has 0 aliphatic carbocycles. The summed E-state index contributed by atoms with van der Waals surface area (Å²) in [5.74, 6) is 0.486. The third-order valence-electron chi connectivity index (χ3n) is 2.86. The van der Waals surface area contributed by atoms with Gasteiger partial charge in [0.05, 0.1) is 12.1 Å². The van der Waals surface area contributed by atoms with Gasteiger partial charge in [-0.3, -0.25) is 4.79 Å². The zero-order chi connectivity index (χ0) is 14.5. The van der Waals surface area contributed by atoms with Crippen LogP contribution in [0.25, 0.3) is 11.1 Å². The van der Waals surface area contributed by atoms with Crippen LogP contribution >= 0.6 is 11.5 Å². The van der Waals surface area contributed by atoms with Crippen LogP contribution in [0, 0.1) is 0 Å². The number of aromatic nitrogens is 1. The highest BCUT2D eigenvalue weighted by atomic mass is 32.1. The van der Waals surface area contributed by atoms with Crippen LogP contribution < -0.4 is 16.0 Å². The lowest BCUT2D eigenvalue weighted by molar-refractivity contribution is -0.119. The second-order valence-electron chi connectivity index (χ2n) is 4.42. The van der Waals surface area contributed by atoms with Gasteiger partial charge in [-0.1, -0.05) is 30.3 Å². The minimum atomic E-state index is -0.0130. The van der Waals surface area contributed by atoms with Crippen LogP contribution in [-0.2, 0) is 4.79 Å². The van der Waals surface area contributed by atoms with Crippen molar-refractivity contribution in [3.63, 3.8) is 0 Å². The molecule has 6 heteroatoms. The maximum Gasteiger partial charge on any atom is 0.239 e. The second kappa shape index (κ2) is 6.38. The van der Waals surface area contributed by atoms with Crippen molar-refractivity contribution in [1.82, 2.24) is 9.69 Å². The molecule has 0 aliphatic heterocycles. The third kappa shape index (κ3) is 3.08. The first-order chi connectivity index (χ1) is 9.63. The third-order valence-corrected chi connectivity index (χ3v) is 3.84. The number of nitrogens with zero attached hydrogens (tertiary/aromatic N) is 2. The van der Waals surface area contributed by atoms with E-state index >= 15 is 0 Å². The maximum atomic E-state index is 11.7. The molecule has 0 saturated carbocycles. The van der Waals surface area contributed by atoms with Crippen molar-refractivity contribution in [2.45, 2.75) is 6.92 Å². The molecule has 0 fully saturated rings. The number of anilines is 2. The first kappa shape index (κ1) is 14.3. The molecule has 5 nitrogen and oxygen atoms in total. The summed E-state index contributed by atoms with van der Waals surface area (Å²) in [6.45, 7) is 2.82. The Labute approximate surface area is 122 Å². The van der Waals surface area contributed by atoms with E-state index in [1.54, 1.807) is 0 Å². The summed E-state index contributed by atoms with van der Waals surface area (Å²) in [4.78, 5) is 13.6. The average molecular weight is 290 g/mol. The van der Waals surface area contributed by atoms with Crippen LogP contribution in [0.5, 0.6) is 0 Å². The molecule has 0 bridgehead atoms. The Morgan fingerprint density at radius 1 is 1.40 bits per heavy atom.